The molecular weight excluding hydrogens is 493 g/mol. The number of halogens is 1. The molecule has 0 fully saturated rings. The molecule has 0 spiro atoms. The summed E-state index contributed by atoms with van der Waals surface area (Å²) < 4.78 is 13.1. The Kier molecular flexibility index (Phi) is 10.7. The summed E-state index contributed by atoms with van der Waals surface area (Å²) in [5, 5.41) is 6.66. The van der Waals surface area contributed by atoms with Gasteiger partial charge >= 0.3 is 0 Å². The van der Waals surface area contributed by atoms with Crippen molar-refractivity contribution in [1.29, 1.82) is 0 Å². The number of aryl methyl sites for hydroxylation is 2. The van der Waals surface area contributed by atoms with Crippen LogP contribution in [0.5, 0.6) is 0 Å². The van der Waals surface area contributed by atoms with E-state index in [-0.39, 0.29) is 24.0 Å². The van der Waals surface area contributed by atoms with Crippen molar-refractivity contribution in [2.45, 2.75) is 39.8 Å². The van der Waals surface area contributed by atoms with E-state index in [1.165, 1.54) is 5.52 Å². The van der Waals surface area contributed by atoms with Crippen LogP contribution < -0.4 is 10.6 Å². The minimum Gasteiger partial charge on any atom is -0.467 e. The van der Waals surface area contributed by atoms with Crippen LogP contribution >= 0.6 is 24.0 Å². The topological polar surface area (TPSA) is 76.6 Å². The Morgan fingerprint density at radius 3 is 2.83 bits per heavy atom. The summed E-state index contributed by atoms with van der Waals surface area (Å²) in [5.41, 5.74) is 2.24. The van der Waals surface area contributed by atoms with Gasteiger partial charge in [0.1, 0.15) is 18.2 Å². The Labute approximate surface area is 195 Å². The van der Waals surface area contributed by atoms with E-state index in [1.54, 1.807) is 6.26 Å². The molecule has 0 saturated heterocycles. The maximum absolute atomic E-state index is 5.60. The molecule has 0 bridgehead atoms. The van der Waals surface area contributed by atoms with Crippen LogP contribution in [0.2, 0.25) is 0 Å². The molecule has 0 saturated carbocycles. The molecular formula is C22H32IN5O2. The maximum Gasteiger partial charge on any atom is 0.191 e. The highest BCUT2D eigenvalue weighted by atomic mass is 127. The zero-order chi connectivity index (χ0) is 20.3. The van der Waals surface area contributed by atoms with Gasteiger partial charge < -0.3 is 24.4 Å². The second-order valence-electron chi connectivity index (χ2n) is 6.83. The molecule has 8 heteroatoms. The lowest BCUT2D eigenvalue weighted by atomic mass is 10.3. The van der Waals surface area contributed by atoms with Gasteiger partial charge in [-0.2, -0.15) is 0 Å². The number of aromatic nitrogens is 2. The van der Waals surface area contributed by atoms with Crippen LogP contribution in [0.3, 0.4) is 0 Å². The van der Waals surface area contributed by atoms with Gasteiger partial charge in [0.05, 0.1) is 17.3 Å². The lowest BCUT2D eigenvalue weighted by molar-refractivity contribution is 0.105. The number of guanidine groups is 1. The molecule has 2 heterocycles. The number of imidazole rings is 1. The predicted molar refractivity (Wildman–Crippen MR) is 131 cm³/mol. The number of fused-ring (bicyclic) bond motifs is 1. The molecule has 7 nitrogen and oxygen atoms in total. The number of hydrogen-bond donors (Lipinski definition) is 2. The monoisotopic (exact) mass is 525 g/mol. The van der Waals surface area contributed by atoms with E-state index in [0.717, 1.165) is 62.1 Å². The number of nitrogens with one attached hydrogen (secondary N) is 2. The van der Waals surface area contributed by atoms with Gasteiger partial charge in [0.15, 0.2) is 5.96 Å². The van der Waals surface area contributed by atoms with Crippen LogP contribution in [0.4, 0.5) is 0 Å². The summed E-state index contributed by atoms with van der Waals surface area (Å²) in [5.74, 6) is 2.76. The minimum atomic E-state index is 0. The first kappa shape index (κ1) is 24.2. The Morgan fingerprint density at radius 1 is 1.17 bits per heavy atom. The van der Waals surface area contributed by atoms with E-state index in [9.17, 15) is 0 Å². The van der Waals surface area contributed by atoms with Gasteiger partial charge in [-0.05, 0) is 51.0 Å². The number of aliphatic imine (C=N–C) groups is 1. The van der Waals surface area contributed by atoms with E-state index >= 15 is 0 Å². The molecule has 0 radical (unpaired) electrons. The lowest BCUT2D eigenvalue weighted by Gasteiger charge is -2.11. The third-order valence-corrected chi connectivity index (χ3v) is 4.58. The Bertz CT molecular complexity index is 892. The van der Waals surface area contributed by atoms with Crippen molar-refractivity contribution in [3.8, 4) is 0 Å². The molecule has 3 aromatic rings. The Balaban J connectivity index is 0.00000320. The molecule has 3 rings (SSSR count). The fourth-order valence-electron chi connectivity index (χ4n) is 3.19. The van der Waals surface area contributed by atoms with Crippen molar-refractivity contribution in [2.24, 2.45) is 4.99 Å². The smallest absolute Gasteiger partial charge is 0.191 e. The first-order valence-corrected chi connectivity index (χ1v) is 10.3. The molecule has 1 aromatic carbocycles. The van der Waals surface area contributed by atoms with E-state index in [0.29, 0.717) is 13.2 Å². The number of benzene rings is 1. The van der Waals surface area contributed by atoms with Crippen LogP contribution in [0.15, 0.2) is 52.1 Å². The Hall–Kier alpha value is -2.07. The van der Waals surface area contributed by atoms with Crippen molar-refractivity contribution >= 4 is 41.0 Å². The third-order valence-electron chi connectivity index (χ3n) is 4.58. The average Bonchev–Trinajstić information content (AvgIpc) is 3.35. The molecule has 0 amide bonds. The van der Waals surface area contributed by atoms with Gasteiger partial charge in [-0.15, -0.1) is 24.0 Å². The normalized spacial score (nSPS) is 11.5. The zero-order valence-electron chi connectivity index (χ0n) is 17.8. The van der Waals surface area contributed by atoms with Crippen molar-refractivity contribution in [2.75, 3.05) is 26.2 Å². The van der Waals surface area contributed by atoms with Crippen molar-refractivity contribution in [3.05, 3.63) is 54.2 Å². The molecule has 0 aliphatic carbocycles. The second kappa shape index (κ2) is 13.3. The number of hydrogen-bond acceptors (Lipinski definition) is 4. The molecule has 0 atom stereocenters. The number of ether oxygens (including phenoxy) is 1. The standard InChI is InChI=1S/C22H31N5O2.HI/c1-3-23-22(25-13-8-15-28-17-19-9-6-16-29-19)24-12-7-14-27-18(2)26-20-10-4-5-11-21(20)27;/h4-6,9-11,16H,3,7-8,12-15,17H2,1-2H3,(H2,23,24,25);1H. The minimum absolute atomic E-state index is 0. The molecule has 0 unspecified atom stereocenters. The first-order chi connectivity index (χ1) is 14.3. The van der Waals surface area contributed by atoms with Crippen molar-refractivity contribution < 1.29 is 9.15 Å². The molecule has 2 aromatic heterocycles. The predicted octanol–water partition coefficient (Wildman–Crippen LogP) is 4.11. The third kappa shape index (κ3) is 7.32. The fraction of sp³-hybridized carbons (Fsp3) is 0.455. The van der Waals surface area contributed by atoms with E-state index in [1.807, 2.05) is 18.2 Å². The quantitative estimate of drug-likeness (QED) is 0.171. The van der Waals surface area contributed by atoms with Crippen LogP contribution in [-0.4, -0.2) is 41.8 Å². The molecule has 0 aliphatic rings. The lowest BCUT2D eigenvalue weighted by Crippen LogP contribution is -2.38. The number of furan rings is 1. The van der Waals surface area contributed by atoms with Crippen LogP contribution in [0.1, 0.15) is 31.4 Å². The maximum atomic E-state index is 5.60. The van der Waals surface area contributed by atoms with Gasteiger partial charge in [0.25, 0.3) is 0 Å². The van der Waals surface area contributed by atoms with E-state index in [4.69, 9.17) is 9.15 Å². The SMILES string of the molecule is CCNC(=NCCCn1c(C)nc2ccccc21)NCCCOCc1ccco1.I. The van der Waals surface area contributed by atoms with Gasteiger partial charge in [-0.1, -0.05) is 12.1 Å². The fourth-order valence-corrected chi connectivity index (χ4v) is 3.19. The van der Waals surface area contributed by atoms with E-state index in [2.05, 4.69) is 57.2 Å². The summed E-state index contributed by atoms with van der Waals surface area (Å²) in [6.07, 6.45) is 3.53. The average molecular weight is 525 g/mol. The Morgan fingerprint density at radius 2 is 2.03 bits per heavy atom. The molecule has 2 N–H and O–H groups in total. The van der Waals surface area contributed by atoms with Gasteiger partial charge in [0.2, 0.25) is 0 Å². The van der Waals surface area contributed by atoms with Crippen LogP contribution in [0.25, 0.3) is 11.0 Å². The molecule has 164 valence electrons. The largest absolute Gasteiger partial charge is 0.467 e. The van der Waals surface area contributed by atoms with Crippen LogP contribution in [-0.2, 0) is 17.9 Å². The van der Waals surface area contributed by atoms with Crippen molar-refractivity contribution in [3.63, 3.8) is 0 Å². The highest BCUT2D eigenvalue weighted by Gasteiger charge is 2.06. The summed E-state index contributed by atoms with van der Waals surface area (Å²) in [6, 6.07) is 12.1. The summed E-state index contributed by atoms with van der Waals surface area (Å²) >= 11 is 0. The molecule has 0 aliphatic heterocycles. The number of nitrogens with zero attached hydrogens (tertiary/aromatic N) is 3. The highest BCUT2D eigenvalue weighted by Crippen LogP contribution is 2.15. The summed E-state index contributed by atoms with van der Waals surface area (Å²) in [4.78, 5) is 9.31. The van der Waals surface area contributed by atoms with E-state index < -0.39 is 0 Å². The van der Waals surface area contributed by atoms with Gasteiger partial charge in [-0.25, -0.2) is 4.98 Å². The summed E-state index contributed by atoms with van der Waals surface area (Å²) in [7, 11) is 0. The van der Waals surface area contributed by atoms with Crippen LogP contribution in [0, 0.1) is 6.92 Å². The van der Waals surface area contributed by atoms with Crippen molar-refractivity contribution in [1.82, 2.24) is 20.2 Å². The second-order valence-corrected chi connectivity index (χ2v) is 6.83. The summed E-state index contributed by atoms with van der Waals surface area (Å²) in [6.45, 7) is 8.66. The highest BCUT2D eigenvalue weighted by molar-refractivity contribution is 14.0. The zero-order valence-corrected chi connectivity index (χ0v) is 20.1. The first-order valence-electron chi connectivity index (χ1n) is 10.3. The number of rotatable bonds is 11. The number of para-hydroxylation sites is 2. The van der Waals surface area contributed by atoms with Gasteiger partial charge in [0, 0.05) is 32.8 Å². The van der Waals surface area contributed by atoms with Gasteiger partial charge in [-0.3, -0.25) is 4.99 Å². The molecule has 30 heavy (non-hydrogen) atoms.